The minimum absolute atomic E-state index is 0.0801. The van der Waals surface area contributed by atoms with Crippen molar-refractivity contribution >= 4 is 5.97 Å². The van der Waals surface area contributed by atoms with Gasteiger partial charge in [0.05, 0.1) is 12.3 Å². The van der Waals surface area contributed by atoms with E-state index in [1.165, 1.54) is 11.6 Å². The fraction of sp³-hybridized carbons (Fsp3) is 0.600. The Balaban J connectivity index is 2.86. The van der Waals surface area contributed by atoms with E-state index in [4.69, 9.17) is 9.84 Å². The number of aliphatic hydroxyl groups is 1. The maximum atomic E-state index is 12.2. The number of aryl methyl sites for hydroxylation is 2. The molecule has 0 aromatic carbocycles. The number of hydrogen-bond acceptors (Lipinski definition) is 6. The van der Waals surface area contributed by atoms with Crippen molar-refractivity contribution in [1.82, 2.24) is 9.78 Å². The molecular formula is C15H21N3O4. The first-order valence-electron chi connectivity index (χ1n) is 7.33. The standard InChI is InChI=1S/C15H21N3O4/c1-4-11-12(9-16)14(20)18(17-13(11)5-2)7-6-8-22-15(21)10(3)19/h10,19H,4-8H2,1-3H3/t10-/m0/s1. The van der Waals surface area contributed by atoms with E-state index in [-0.39, 0.29) is 18.7 Å². The quantitative estimate of drug-likeness (QED) is 0.582. The number of hydrogen-bond donors (Lipinski definition) is 1. The molecule has 1 rings (SSSR count). The predicted octanol–water partition coefficient (Wildman–Crippen LogP) is 0.554. The zero-order chi connectivity index (χ0) is 16.7. The van der Waals surface area contributed by atoms with Crippen molar-refractivity contribution in [2.45, 2.75) is 52.7 Å². The minimum atomic E-state index is -1.17. The summed E-state index contributed by atoms with van der Waals surface area (Å²) in [6, 6.07) is 1.96. The molecule has 0 radical (unpaired) electrons. The molecule has 0 aliphatic carbocycles. The maximum absolute atomic E-state index is 12.2. The third-order valence-electron chi connectivity index (χ3n) is 3.24. The lowest BCUT2D eigenvalue weighted by Crippen LogP contribution is -2.29. The largest absolute Gasteiger partial charge is 0.464 e. The summed E-state index contributed by atoms with van der Waals surface area (Å²) < 4.78 is 6.07. The van der Waals surface area contributed by atoms with Gasteiger partial charge in [0.25, 0.3) is 5.56 Å². The molecule has 7 nitrogen and oxygen atoms in total. The second-order valence-electron chi connectivity index (χ2n) is 4.84. The molecule has 1 heterocycles. The van der Waals surface area contributed by atoms with Crippen molar-refractivity contribution in [1.29, 1.82) is 5.26 Å². The Morgan fingerprint density at radius 2 is 2.14 bits per heavy atom. The summed E-state index contributed by atoms with van der Waals surface area (Å²) in [5.41, 5.74) is 1.15. The van der Waals surface area contributed by atoms with Gasteiger partial charge in [0, 0.05) is 13.0 Å². The van der Waals surface area contributed by atoms with Crippen LogP contribution in [0.25, 0.3) is 0 Å². The van der Waals surface area contributed by atoms with E-state index in [2.05, 4.69) is 5.10 Å². The van der Waals surface area contributed by atoms with E-state index in [9.17, 15) is 14.9 Å². The summed E-state index contributed by atoms with van der Waals surface area (Å²) in [7, 11) is 0. The Labute approximate surface area is 129 Å². The van der Waals surface area contributed by atoms with Crippen LogP contribution < -0.4 is 5.56 Å². The highest BCUT2D eigenvalue weighted by Gasteiger charge is 2.15. The van der Waals surface area contributed by atoms with E-state index in [0.717, 1.165) is 5.69 Å². The van der Waals surface area contributed by atoms with Crippen LogP contribution in [0.5, 0.6) is 0 Å². The zero-order valence-electron chi connectivity index (χ0n) is 13.1. The van der Waals surface area contributed by atoms with E-state index < -0.39 is 17.6 Å². The predicted molar refractivity (Wildman–Crippen MR) is 79.2 cm³/mol. The highest BCUT2D eigenvalue weighted by Crippen LogP contribution is 2.10. The van der Waals surface area contributed by atoms with Crippen LogP contribution in [-0.4, -0.2) is 33.6 Å². The number of nitriles is 1. The monoisotopic (exact) mass is 307 g/mol. The number of rotatable bonds is 7. The van der Waals surface area contributed by atoms with Gasteiger partial charge in [0.15, 0.2) is 0 Å². The van der Waals surface area contributed by atoms with Gasteiger partial charge in [-0.3, -0.25) is 4.79 Å². The van der Waals surface area contributed by atoms with Crippen molar-refractivity contribution in [3.05, 3.63) is 27.2 Å². The fourth-order valence-corrected chi connectivity index (χ4v) is 2.09. The molecule has 1 aromatic rings. The van der Waals surface area contributed by atoms with Crippen molar-refractivity contribution in [2.24, 2.45) is 0 Å². The zero-order valence-corrected chi connectivity index (χ0v) is 13.1. The molecule has 0 bridgehead atoms. The molecule has 0 saturated heterocycles. The Hall–Kier alpha value is -2.20. The molecule has 0 fully saturated rings. The lowest BCUT2D eigenvalue weighted by atomic mass is 10.0. The van der Waals surface area contributed by atoms with Crippen LogP contribution in [-0.2, 0) is 28.9 Å². The average Bonchev–Trinajstić information content (AvgIpc) is 2.51. The molecule has 1 N–H and O–H groups in total. The first-order valence-corrected chi connectivity index (χ1v) is 7.33. The van der Waals surface area contributed by atoms with Crippen LogP contribution in [0.4, 0.5) is 0 Å². The van der Waals surface area contributed by atoms with Crippen LogP contribution in [0.2, 0.25) is 0 Å². The van der Waals surface area contributed by atoms with Gasteiger partial charge in [-0.2, -0.15) is 10.4 Å². The first-order chi connectivity index (χ1) is 10.5. The summed E-state index contributed by atoms with van der Waals surface area (Å²) in [6.07, 6.45) is 0.433. The van der Waals surface area contributed by atoms with Crippen LogP contribution in [0.1, 0.15) is 44.0 Å². The van der Waals surface area contributed by atoms with E-state index >= 15 is 0 Å². The normalized spacial score (nSPS) is 11.8. The van der Waals surface area contributed by atoms with E-state index in [1.54, 1.807) is 0 Å². The van der Waals surface area contributed by atoms with Gasteiger partial charge in [-0.1, -0.05) is 13.8 Å². The number of esters is 1. The second kappa shape index (κ2) is 8.29. The topological polar surface area (TPSA) is 105 Å². The summed E-state index contributed by atoms with van der Waals surface area (Å²) in [4.78, 5) is 23.3. The highest BCUT2D eigenvalue weighted by molar-refractivity contribution is 5.73. The Morgan fingerprint density at radius 1 is 1.45 bits per heavy atom. The van der Waals surface area contributed by atoms with Crippen molar-refractivity contribution in [3.8, 4) is 6.07 Å². The van der Waals surface area contributed by atoms with Crippen LogP contribution >= 0.6 is 0 Å². The fourth-order valence-electron chi connectivity index (χ4n) is 2.09. The van der Waals surface area contributed by atoms with Crippen molar-refractivity contribution in [3.63, 3.8) is 0 Å². The van der Waals surface area contributed by atoms with Gasteiger partial charge in [-0.25, -0.2) is 9.48 Å². The van der Waals surface area contributed by atoms with Gasteiger partial charge >= 0.3 is 5.97 Å². The number of carbonyl (C=O) groups excluding carboxylic acids is 1. The van der Waals surface area contributed by atoms with Crippen LogP contribution in [0, 0.1) is 11.3 Å². The molecule has 22 heavy (non-hydrogen) atoms. The number of aromatic nitrogens is 2. The van der Waals surface area contributed by atoms with Crippen molar-refractivity contribution < 1.29 is 14.6 Å². The van der Waals surface area contributed by atoms with Gasteiger partial charge in [-0.15, -0.1) is 0 Å². The molecule has 1 atom stereocenters. The molecule has 0 spiro atoms. The Bertz CT molecular complexity index is 629. The lowest BCUT2D eigenvalue weighted by Gasteiger charge is -2.12. The molecule has 0 unspecified atom stereocenters. The van der Waals surface area contributed by atoms with Gasteiger partial charge in [0.2, 0.25) is 0 Å². The van der Waals surface area contributed by atoms with E-state index in [1.807, 2.05) is 19.9 Å². The summed E-state index contributed by atoms with van der Waals surface area (Å²) in [5, 5.41) is 22.5. The second-order valence-corrected chi connectivity index (χ2v) is 4.84. The van der Waals surface area contributed by atoms with Gasteiger partial charge in [0.1, 0.15) is 17.7 Å². The molecule has 0 aliphatic rings. The molecular weight excluding hydrogens is 286 g/mol. The first kappa shape index (κ1) is 17.9. The Morgan fingerprint density at radius 3 is 2.64 bits per heavy atom. The summed E-state index contributed by atoms with van der Waals surface area (Å²) in [6.45, 7) is 5.46. The van der Waals surface area contributed by atoms with E-state index in [0.29, 0.717) is 24.8 Å². The SMILES string of the molecule is CCc1nn(CCCOC(=O)[C@H](C)O)c(=O)c(C#N)c1CC. The van der Waals surface area contributed by atoms with Gasteiger partial charge in [-0.05, 0) is 25.3 Å². The van der Waals surface area contributed by atoms with Crippen molar-refractivity contribution in [2.75, 3.05) is 6.61 Å². The molecule has 1 aromatic heterocycles. The number of aliphatic hydroxyl groups excluding tert-OH is 1. The number of nitrogens with zero attached hydrogens (tertiary/aromatic N) is 3. The minimum Gasteiger partial charge on any atom is -0.464 e. The number of ether oxygens (including phenoxy) is 1. The lowest BCUT2D eigenvalue weighted by molar-refractivity contribution is -0.152. The Kier molecular flexibility index (Phi) is 6.73. The summed E-state index contributed by atoms with van der Waals surface area (Å²) in [5.74, 6) is -0.700. The molecule has 0 aliphatic heterocycles. The molecule has 120 valence electrons. The maximum Gasteiger partial charge on any atom is 0.334 e. The third-order valence-corrected chi connectivity index (χ3v) is 3.24. The van der Waals surface area contributed by atoms with Crippen LogP contribution in [0.15, 0.2) is 4.79 Å². The molecule has 0 saturated carbocycles. The highest BCUT2D eigenvalue weighted by atomic mass is 16.5. The molecule has 7 heteroatoms. The van der Waals surface area contributed by atoms with Gasteiger partial charge < -0.3 is 9.84 Å². The van der Waals surface area contributed by atoms with Crippen LogP contribution in [0.3, 0.4) is 0 Å². The average molecular weight is 307 g/mol. The summed E-state index contributed by atoms with van der Waals surface area (Å²) >= 11 is 0. The number of carbonyl (C=O) groups is 1. The smallest absolute Gasteiger partial charge is 0.334 e. The molecule has 0 amide bonds. The third kappa shape index (κ3) is 4.15.